The number of hydrogen-bond donors (Lipinski definition) is 1. The summed E-state index contributed by atoms with van der Waals surface area (Å²) in [6.07, 6.45) is 0. The summed E-state index contributed by atoms with van der Waals surface area (Å²) in [4.78, 5) is 19.3. The lowest BCUT2D eigenvalue weighted by Gasteiger charge is -2.33. The van der Waals surface area contributed by atoms with E-state index in [4.69, 9.17) is 15.3 Å². The first-order chi connectivity index (χ1) is 9.15. The lowest BCUT2D eigenvalue weighted by molar-refractivity contribution is -0.147. The Kier molecular flexibility index (Phi) is 4.24. The lowest BCUT2D eigenvalue weighted by atomic mass is 10.1. The molecule has 6 heteroatoms. The number of hydroxylamine groups is 2. The molecule has 0 aromatic heterocycles. The third-order valence-electron chi connectivity index (χ3n) is 3.26. The van der Waals surface area contributed by atoms with E-state index in [1.54, 1.807) is 30.2 Å². The average Bonchev–Trinajstić information content (AvgIpc) is 2.47. The van der Waals surface area contributed by atoms with Crippen molar-refractivity contribution in [2.75, 3.05) is 46.1 Å². The van der Waals surface area contributed by atoms with E-state index >= 15 is 0 Å². The molecule has 0 atom stereocenters. The number of piperazine rings is 1. The van der Waals surface area contributed by atoms with Crippen LogP contribution in [0.15, 0.2) is 18.2 Å². The van der Waals surface area contributed by atoms with Crippen molar-refractivity contribution >= 4 is 11.6 Å². The number of benzene rings is 1. The van der Waals surface area contributed by atoms with Gasteiger partial charge in [-0.15, -0.1) is 0 Å². The summed E-state index contributed by atoms with van der Waals surface area (Å²) in [6, 6.07) is 5.10. The molecule has 19 heavy (non-hydrogen) atoms. The van der Waals surface area contributed by atoms with Gasteiger partial charge in [-0.05, 0) is 18.2 Å². The topological polar surface area (TPSA) is 68.0 Å². The van der Waals surface area contributed by atoms with Crippen molar-refractivity contribution in [1.82, 2.24) is 9.96 Å². The number of amides is 1. The van der Waals surface area contributed by atoms with Crippen molar-refractivity contribution in [2.24, 2.45) is 0 Å². The van der Waals surface area contributed by atoms with Crippen molar-refractivity contribution in [1.29, 1.82) is 0 Å². The van der Waals surface area contributed by atoms with Gasteiger partial charge in [0.25, 0.3) is 5.91 Å². The van der Waals surface area contributed by atoms with Gasteiger partial charge in [-0.1, -0.05) is 0 Å². The van der Waals surface area contributed by atoms with Gasteiger partial charge in [0.2, 0.25) is 0 Å². The second-order valence-corrected chi connectivity index (χ2v) is 4.36. The number of carbonyl (C=O) groups excluding carboxylic acids is 1. The smallest absolute Gasteiger partial charge is 0.254 e. The first-order valence-electron chi connectivity index (χ1n) is 6.17. The second kappa shape index (κ2) is 5.90. The van der Waals surface area contributed by atoms with Gasteiger partial charge in [-0.3, -0.25) is 4.79 Å². The third kappa shape index (κ3) is 2.97. The number of ether oxygens (including phenoxy) is 1. The lowest BCUT2D eigenvalue weighted by Crippen LogP contribution is -2.48. The highest BCUT2D eigenvalue weighted by Crippen LogP contribution is 2.23. The quantitative estimate of drug-likeness (QED) is 0.810. The Morgan fingerprint density at radius 1 is 1.21 bits per heavy atom. The van der Waals surface area contributed by atoms with Crippen LogP contribution in [0.2, 0.25) is 0 Å². The van der Waals surface area contributed by atoms with E-state index < -0.39 is 0 Å². The van der Waals surface area contributed by atoms with Gasteiger partial charge in [0.15, 0.2) is 0 Å². The highest BCUT2D eigenvalue weighted by atomic mass is 16.7. The summed E-state index contributed by atoms with van der Waals surface area (Å²) in [5, 5.41) is 1.84. The van der Waals surface area contributed by atoms with E-state index in [0.29, 0.717) is 43.2 Å². The zero-order valence-corrected chi connectivity index (χ0v) is 11.3. The summed E-state index contributed by atoms with van der Waals surface area (Å²) < 4.78 is 5.13. The van der Waals surface area contributed by atoms with E-state index in [-0.39, 0.29) is 5.91 Å². The van der Waals surface area contributed by atoms with Crippen molar-refractivity contribution in [3.8, 4) is 5.75 Å². The van der Waals surface area contributed by atoms with Gasteiger partial charge in [0, 0.05) is 31.7 Å². The number of nitrogens with two attached hydrogens (primary N) is 1. The molecule has 104 valence electrons. The summed E-state index contributed by atoms with van der Waals surface area (Å²) in [5.41, 5.74) is 6.87. The molecule has 1 aromatic rings. The summed E-state index contributed by atoms with van der Waals surface area (Å²) in [5.74, 6) is 0.524. The normalized spacial score (nSPS) is 16.4. The average molecular weight is 265 g/mol. The van der Waals surface area contributed by atoms with Crippen LogP contribution < -0.4 is 10.5 Å². The zero-order valence-electron chi connectivity index (χ0n) is 11.3. The molecule has 1 aliphatic heterocycles. The van der Waals surface area contributed by atoms with Crippen LogP contribution in [0.25, 0.3) is 0 Å². The highest BCUT2D eigenvalue weighted by Gasteiger charge is 2.22. The minimum atomic E-state index is -0.00551. The summed E-state index contributed by atoms with van der Waals surface area (Å²) in [6.45, 7) is 2.74. The molecule has 6 nitrogen and oxygen atoms in total. The number of methoxy groups -OCH3 is 1. The number of rotatable bonds is 3. The molecule has 1 aromatic carbocycles. The van der Waals surface area contributed by atoms with Crippen LogP contribution in [0.1, 0.15) is 10.4 Å². The number of nitrogen functional groups attached to an aromatic ring is 1. The predicted molar refractivity (Wildman–Crippen MR) is 71.9 cm³/mol. The molecule has 0 bridgehead atoms. The largest absolute Gasteiger partial charge is 0.495 e. The van der Waals surface area contributed by atoms with Gasteiger partial charge in [-0.2, -0.15) is 5.06 Å². The number of hydrogen-bond acceptors (Lipinski definition) is 5. The molecule has 0 spiro atoms. The Bertz CT molecular complexity index is 456. The van der Waals surface area contributed by atoms with Crippen molar-refractivity contribution < 1.29 is 14.4 Å². The number of nitrogens with zero attached hydrogens (tertiary/aromatic N) is 2. The molecular formula is C13H19N3O3. The monoisotopic (exact) mass is 265 g/mol. The summed E-state index contributed by atoms with van der Waals surface area (Å²) in [7, 11) is 3.18. The standard InChI is InChI=1S/C13H19N3O3/c1-18-12-9-10(3-4-11(12)14)13(17)15-5-7-16(19-2)8-6-15/h3-4,9H,5-8,14H2,1-2H3. The van der Waals surface area contributed by atoms with Crippen LogP contribution in [0.4, 0.5) is 5.69 Å². The van der Waals surface area contributed by atoms with Gasteiger partial charge in [0.1, 0.15) is 5.75 Å². The molecule has 2 N–H and O–H groups in total. The Hall–Kier alpha value is -1.79. The maximum atomic E-state index is 12.3. The Morgan fingerprint density at radius 3 is 2.47 bits per heavy atom. The molecule has 1 aliphatic rings. The molecular weight excluding hydrogens is 246 g/mol. The molecule has 0 saturated carbocycles. The van der Waals surface area contributed by atoms with Gasteiger partial charge in [-0.25, -0.2) is 0 Å². The maximum Gasteiger partial charge on any atom is 0.254 e. The Morgan fingerprint density at radius 2 is 1.89 bits per heavy atom. The van der Waals surface area contributed by atoms with Crippen LogP contribution in [0, 0.1) is 0 Å². The second-order valence-electron chi connectivity index (χ2n) is 4.36. The Labute approximate surface area is 112 Å². The maximum absolute atomic E-state index is 12.3. The SMILES string of the molecule is COc1cc(C(=O)N2CCN(OC)CC2)ccc1N. The molecule has 1 fully saturated rings. The minimum Gasteiger partial charge on any atom is -0.495 e. The predicted octanol–water partition coefficient (Wildman–Crippen LogP) is 0.597. The number of anilines is 1. The van der Waals surface area contributed by atoms with Gasteiger partial charge < -0.3 is 20.2 Å². The first kappa shape index (κ1) is 13.6. The summed E-state index contributed by atoms with van der Waals surface area (Å²) >= 11 is 0. The van der Waals surface area contributed by atoms with Gasteiger partial charge >= 0.3 is 0 Å². The molecule has 2 rings (SSSR count). The highest BCUT2D eigenvalue weighted by molar-refractivity contribution is 5.95. The van der Waals surface area contributed by atoms with Crippen LogP contribution in [0.5, 0.6) is 5.75 Å². The Balaban J connectivity index is 2.08. The van der Waals surface area contributed by atoms with Crippen molar-refractivity contribution in [2.45, 2.75) is 0 Å². The van der Waals surface area contributed by atoms with Crippen LogP contribution in [0.3, 0.4) is 0 Å². The fraction of sp³-hybridized carbons (Fsp3) is 0.462. The van der Waals surface area contributed by atoms with Gasteiger partial charge in [0.05, 0.1) is 19.9 Å². The van der Waals surface area contributed by atoms with E-state index in [1.807, 2.05) is 5.06 Å². The van der Waals surface area contributed by atoms with E-state index in [0.717, 1.165) is 0 Å². The molecule has 1 heterocycles. The molecule has 1 saturated heterocycles. The minimum absolute atomic E-state index is 0.00551. The van der Waals surface area contributed by atoms with Crippen LogP contribution in [-0.4, -0.2) is 56.3 Å². The van der Waals surface area contributed by atoms with Crippen LogP contribution >= 0.6 is 0 Å². The number of carbonyl (C=O) groups is 1. The molecule has 1 amide bonds. The molecule has 0 radical (unpaired) electrons. The molecule has 0 unspecified atom stereocenters. The first-order valence-corrected chi connectivity index (χ1v) is 6.17. The fourth-order valence-electron chi connectivity index (χ4n) is 2.10. The molecule has 0 aliphatic carbocycles. The third-order valence-corrected chi connectivity index (χ3v) is 3.26. The van der Waals surface area contributed by atoms with E-state index in [9.17, 15) is 4.79 Å². The van der Waals surface area contributed by atoms with Crippen molar-refractivity contribution in [3.05, 3.63) is 23.8 Å². The van der Waals surface area contributed by atoms with E-state index in [1.165, 1.54) is 7.11 Å². The zero-order chi connectivity index (χ0) is 13.8. The van der Waals surface area contributed by atoms with Crippen molar-refractivity contribution in [3.63, 3.8) is 0 Å². The van der Waals surface area contributed by atoms with Crippen LogP contribution in [-0.2, 0) is 4.84 Å². The fourth-order valence-corrected chi connectivity index (χ4v) is 2.10. The van der Waals surface area contributed by atoms with E-state index in [2.05, 4.69) is 0 Å².